The van der Waals surface area contributed by atoms with Crippen molar-refractivity contribution >= 4 is 11.8 Å². The van der Waals surface area contributed by atoms with Gasteiger partial charge < -0.3 is 10.6 Å². The van der Waals surface area contributed by atoms with Gasteiger partial charge >= 0.3 is 0 Å². The summed E-state index contributed by atoms with van der Waals surface area (Å²) in [5, 5.41) is 9.84. The minimum Gasteiger partial charge on any atom is -0.350 e. The van der Waals surface area contributed by atoms with Crippen molar-refractivity contribution in [2.45, 2.75) is 19.9 Å². The standard InChI is InChI=1S/C16H18N4O2/c1-10-3-5-11(6-4-10)9-18-15(21)13-12-7-8-17-16(22)14(12)20(2)19-13/h3-6H,7-9H2,1-2H3,(H,17,22)(H,18,21). The lowest BCUT2D eigenvalue weighted by Gasteiger charge is -2.13. The maximum Gasteiger partial charge on any atom is 0.272 e. The van der Waals surface area contributed by atoms with Crippen LogP contribution in [0.15, 0.2) is 24.3 Å². The molecule has 0 unspecified atom stereocenters. The maximum absolute atomic E-state index is 12.4. The molecule has 0 atom stereocenters. The van der Waals surface area contributed by atoms with Gasteiger partial charge in [-0.25, -0.2) is 0 Å². The van der Waals surface area contributed by atoms with Crippen molar-refractivity contribution in [1.29, 1.82) is 0 Å². The minimum absolute atomic E-state index is 0.172. The molecule has 2 amide bonds. The number of aryl methyl sites for hydroxylation is 2. The average molecular weight is 298 g/mol. The zero-order valence-electron chi connectivity index (χ0n) is 12.6. The largest absolute Gasteiger partial charge is 0.350 e. The molecule has 2 aromatic rings. The van der Waals surface area contributed by atoms with Crippen LogP contribution in [0.4, 0.5) is 0 Å². The number of amides is 2. The highest BCUT2D eigenvalue weighted by Crippen LogP contribution is 2.17. The topological polar surface area (TPSA) is 76.0 Å². The molecule has 1 aromatic heterocycles. The van der Waals surface area contributed by atoms with E-state index >= 15 is 0 Å². The van der Waals surface area contributed by atoms with Crippen LogP contribution in [0.1, 0.15) is 37.7 Å². The summed E-state index contributed by atoms with van der Waals surface area (Å²) in [4.78, 5) is 24.2. The van der Waals surface area contributed by atoms with Gasteiger partial charge in [-0.2, -0.15) is 5.10 Å². The molecule has 0 saturated heterocycles. The molecule has 2 heterocycles. The number of carbonyl (C=O) groups is 2. The molecule has 0 radical (unpaired) electrons. The maximum atomic E-state index is 12.4. The number of carbonyl (C=O) groups excluding carboxylic acids is 2. The van der Waals surface area contributed by atoms with Crippen LogP contribution < -0.4 is 10.6 Å². The van der Waals surface area contributed by atoms with Crippen molar-refractivity contribution in [3.8, 4) is 0 Å². The van der Waals surface area contributed by atoms with Gasteiger partial charge in [-0.15, -0.1) is 0 Å². The molecular weight excluding hydrogens is 280 g/mol. The fraction of sp³-hybridized carbons (Fsp3) is 0.312. The number of fused-ring (bicyclic) bond motifs is 1. The molecule has 1 aromatic carbocycles. The van der Waals surface area contributed by atoms with E-state index in [1.165, 1.54) is 10.2 Å². The molecule has 0 fully saturated rings. The van der Waals surface area contributed by atoms with Crippen LogP contribution >= 0.6 is 0 Å². The lowest BCUT2D eigenvalue weighted by atomic mass is 10.0. The highest BCUT2D eigenvalue weighted by atomic mass is 16.2. The molecule has 0 bridgehead atoms. The van der Waals surface area contributed by atoms with E-state index in [4.69, 9.17) is 0 Å². The van der Waals surface area contributed by atoms with E-state index in [-0.39, 0.29) is 11.8 Å². The summed E-state index contributed by atoms with van der Waals surface area (Å²) in [6, 6.07) is 7.98. The van der Waals surface area contributed by atoms with Gasteiger partial charge in [-0.1, -0.05) is 29.8 Å². The first-order valence-electron chi connectivity index (χ1n) is 7.24. The number of aromatic nitrogens is 2. The third kappa shape index (κ3) is 2.59. The predicted octanol–water partition coefficient (Wildman–Crippen LogP) is 0.944. The fourth-order valence-corrected chi connectivity index (χ4v) is 2.63. The van der Waals surface area contributed by atoms with Crippen molar-refractivity contribution < 1.29 is 9.59 Å². The second-order valence-electron chi connectivity index (χ2n) is 5.47. The molecule has 114 valence electrons. The normalized spacial score (nSPS) is 13.5. The second-order valence-corrected chi connectivity index (χ2v) is 5.47. The number of hydrogen-bond acceptors (Lipinski definition) is 3. The minimum atomic E-state index is -0.243. The Morgan fingerprint density at radius 3 is 2.82 bits per heavy atom. The summed E-state index contributed by atoms with van der Waals surface area (Å²) < 4.78 is 1.48. The van der Waals surface area contributed by atoms with Crippen LogP contribution in [0.3, 0.4) is 0 Å². The Hall–Kier alpha value is -2.63. The molecule has 0 saturated carbocycles. The third-order valence-electron chi connectivity index (χ3n) is 3.81. The Morgan fingerprint density at radius 1 is 1.36 bits per heavy atom. The van der Waals surface area contributed by atoms with E-state index in [2.05, 4.69) is 15.7 Å². The van der Waals surface area contributed by atoms with Crippen LogP contribution in [0.25, 0.3) is 0 Å². The van der Waals surface area contributed by atoms with Gasteiger partial charge in [0.2, 0.25) is 0 Å². The first kappa shape index (κ1) is 14.3. The SMILES string of the molecule is Cc1ccc(CNC(=O)c2nn(C)c3c2CCNC3=O)cc1. The Kier molecular flexibility index (Phi) is 3.66. The Balaban J connectivity index is 1.77. The first-order valence-corrected chi connectivity index (χ1v) is 7.24. The predicted molar refractivity (Wildman–Crippen MR) is 81.6 cm³/mol. The quantitative estimate of drug-likeness (QED) is 0.885. The van der Waals surface area contributed by atoms with Gasteiger partial charge in [-0.3, -0.25) is 14.3 Å². The van der Waals surface area contributed by atoms with Gasteiger partial charge in [-0.05, 0) is 18.9 Å². The summed E-state index contributed by atoms with van der Waals surface area (Å²) in [6.45, 7) is 3.00. The molecule has 6 heteroatoms. The number of benzene rings is 1. The van der Waals surface area contributed by atoms with Gasteiger partial charge in [0, 0.05) is 25.7 Å². The lowest BCUT2D eigenvalue weighted by Crippen LogP contribution is -2.34. The zero-order chi connectivity index (χ0) is 15.7. The summed E-state index contributed by atoms with van der Waals surface area (Å²) in [5.41, 5.74) is 3.76. The van der Waals surface area contributed by atoms with Gasteiger partial charge in [0.1, 0.15) is 5.69 Å². The van der Waals surface area contributed by atoms with E-state index < -0.39 is 0 Å². The summed E-state index contributed by atoms with van der Waals surface area (Å²) in [6.07, 6.45) is 0.627. The van der Waals surface area contributed by atoms with Crippen LogP contribution in [-0.4, -0.2) is 28.1 Å². The van der Waals surface area contributed by atoms with Crippen molar-refractivity contribution in [3.05, 3.63) is 52.3 Å². The van der Waals surface area contributed by atoms with Crippen molar-refractivity contribution in [2.75, 3.05) is 6.54 Å². The molecule has 1 aliphatic heterocycles. The second kappa shape index (κ2) is 5.63. The number of hydrogen-bond donors (Lipinski definition) is 2. The molecule has 2 N–H and O–H groups in total. The van der Waals surface area contributed by atoms with E-state index in [0.29, 0.717) is 30.9 Å². The van der Waals surface area contributed by atoms with E-state index in [1.807, 2.05) is 31.2 Å². The van der Waals surface area contributed by atoms with Crippen LogP contribution in [0, 0.1) is 6.92 Å². The van der Waals surface area contributed by atoms with Gasteiger partial charge in [0.05, 0.1) is 0 Å². The lowest BCUT2D eigenvalue weighted by molar-refractivity contribution is 0.0935. The monoisotopic (exact) mass is 298 g/mol. The van der Waals surface area contributed by atoms with Gasteiger partial charge in [0.25, 0.3) is 11.8 Å². The molecule has 6 nitrogen and oxygen atoms in total. The molecule has 1 aliphatic rings. The fourth-order valence-electron chi connectivity index (χ4n) is 2.63. The zero-order valence-corrected chi connectivity index (χ0v) is 12.6. The Labute approximate surface area is 128 Å². The number of nitrogens with one attached hydrogen (secondary N) is 2. The van der Waals surface area contributed by atoms with Crippen LogP contribution in [0.5, 0.6) is 0 Å². The summed E-state index contributed by atoms with van der Waals surface area (Å²) in [7, 11) is 1.68. The summed E-state index contributed by atoms with van der Waals surface area (Å²) in [5.74, 6) is -0.416. The van der Waals surface area contributed by atoms with Gasteiger partial charge in [0.15, 0.2) is 5.69 Å². The van der Waals surface area contributed by atoms with Crippen LogP contribution in [0.2, 0.25) is 0 Å². The first-order chi connectivity index (χ1) is 10.6. The number of nitrogens with zero attached hydrogens (tertiary/aromatic N) is 2. The van der Waals surface area contributed by atoms with Crippen molar-refractivity contribution in [3.63, 3.8) is 0 Å². The third-order valence-corrected chi connectivity index (χ3v) is 3.81. The highest BCUT2D eigenvalue weighted by Gasteiger charge is 2.28. The molecule has 0 spiro atoms. The Morgan fingerprint density at radius 2 is 2.09 bits per heavy atom. The van der Waals surface area contributed by atoms with Crippen molar-refractivity contribution in [1.82, 2.24) is 20.4 Å². The smallest absolute Gasteiger partial charge is 0.272 e. The molecular formula is C16H18N4O2. The molecule has 22 heavy (non-hydrogen) atoms. The molecule has 0 aliphatic carbocycles. The number of rotatable bonds is 3. The summed E-state index contributed by atoms with van der Waals surface area (Å²) >= 11 is 0. The Bertz CT molecular complexity index is 731. The van der Waals surface area contributed by atoms with Crippen LogP contribution in [-0.2, 0) is 20.0 Å². The van der Waals surface area contributed by atoms with Crippen molar-refractivity contribution in [2.24, 2.45) is 7.05 Å². The van der Waals surface area contributed by atoms with E-state index in [0.717, 1.165) is 11.1 Å². The van der Waals surface area contributed by atoms with E-state index in [1.54, 1.807) is 7.05 Å². The van der Waals surface area contributed by atoms with E-state index in [9.17, 15) is 9.59 Å². The molecule has 3 rings (SSSR count). The average Bonchev–Trinajstić information content (AvgIpc) is 2.85. The highest BCUT2D eigenvalue weighted by molar-refractivity contribution is 6.01.